The lowest BCUT2D eigenvalue weighted by molar-refractivity contribution is -0.146. The molecule has 24 heavy (non-hydrogen) atoms. The molecule has 0 unspecified atom stereocenters. The van der Waals surface area contributed by atoms with Gasteiger partial charge in [-0.3, -0.25) is 4.79 Å². The van der Waals surface area contributed by atoms with E-state index in [0.29, 0.717) is 19.4 Å². The third kappa shape index (κ3) is 10.5. The topological polar surface area (TPSA) is 55.4 Å². The first kappa shape index (κ1) is 20.7. The fourth-order valence-corrected chi connectivity index (χ4v) is 2.93. The summed E-state index contributed by atoms with van der Waals surface area (Å²) in [5.41, 5.74) is 0. The van der Waals surface area contributed by atoms with E-state index in [-0.39, 0.29) is 11.9 Å². The van der Waals surface area contributed by atoms with E-state index >= 15 is 0 Å². The zero-order chi connectivity index (χ0) is 17.5. The van der Waals surface area contributed by atoms with Gasteiger partial charge >= 0.3 is 5.97 Å². The minimum atomic E-state index is -0.427. The van der Waals surface area contributed by atoms with Gasteiger partial charge in [0.15, 0.2) is 0 Å². The zero-order valence-electron chi connectivity index (χ0n) is 15.4. The predicted molar refractivity (Wildman–Crippen MR) is 97.7 cm³/mol. The number of carbonyl (C=O) groups is 2. The van der Waals surface area contributed by atoms with Crippen LogP contribution in [0.4, 0.5) is 0 Å². The van der Waals surface area contributed by atoms with Crippen LogP contribution in [0.2, 0.25) is 0 Å². The smallest absolute Gasteiger partial charge is 0.328 e. The molecule has 4 nitrogen and oxygen atoms in total. The lowest BCUT2D eigenvalue weighted by Crippen LogP contribution is -2.34. The van der Waals surface area contributed by atoms with E-state index < -0.39 is 6.04 Å². The molecule has 0 bridgehead atoms. The zero-order valence-corrected chi connectivity index (χ0v) is 15.4. The quantitative estimate of drug-likeness (QED) is 0.284. The summed E-state index contributed by atoms with van der Waals surface area (Å²) in [4.78, 5) is 22.7. The van der Waals surface area contributed by atoms with Crippen molar-refractivity contribution in [3.05, 3.63) is 12.2 Å². The first-order valence-corrected chi connectivity index (χ1v) is 9.85. The van der Waals surface area contributed by atoms with Crippen LogP contribution in [0, 0.1) is 0 Å². The molecule has 1 atom stereocenters. The average molecular weight is 338 g/mol. The molecule has 0 saturated carbocycles. The Labute approximate surface area is 147 Å². The number of unbranched alkanes of at least 4 members (excludes halogenated alkanes) is 9. The van der Waals surface area contributed by atoms with Crippen molar-refractivity contribution in [2.75, 3.05) is 6.61 Å². The van der Waals surface area contributed by atoms with Crippen LogP contribution in [0.5, 0.6) is 0 Å². The number of rotatable bonds is 14. The van der Waals surface area contributed by atoms with Gasteiger partial charge in [-0.05, 0) is 25.7 Å². The minimum Gasteiger partial charge on any atom is -0.464 e. The molecule has 138 valence electrons. The first-order valence-electron chi connectivity index (χ1n) is 9.85. The summed E-state index contributed by atoms with van der Waals surface area (Å²) in [5.74, 6) is -0.356. The van der Waals surface area contributed by atoms with Gasteiger partial charge in [0.2, 0.25) is 5.91 Å². The molecule has 1 fully saturated rings. The molecule has 1 aliphatic rings. The highest BCUT2D eigenvalue weighted by Crippen LogP contribution is 2.11. The van der Waals surface area contributed by atoms with E-state index in [4.69, 9.17) is 4.74 Å². The number of esters is 1. The number of hydrogen-bond acceptors (Lipinski definition) is 3. The highest BCUT2D eigenvalue weighted by Gasteiger charge is 2.28. The van der Waals surface area contributed by atoms with Crippen LogP contribution in [-0.4, -0.2) is 24.5 Å². The van der Waals surface area contributed by atoms with E-state index in [2.05, 4.69) is 24.4 Å². The van der Waals surface area contributed by atoms with E-state index in [9.17, 15) is 9.59 Å². The molecule has 1 aliphatic heterocycles. The van der Waals surface area contributed by atoms with Crippen molar-refractivity contribution in [3.8, 4) is 0 Å². The molecular weight excluding hydrogens is 302 g/mol. The first-order chi connectivity index (χ1) is 11.7. The molecule has 1 rings (SSSR count). The van der Waals surface area contributed by atoms with Gasteiger partial charge in [0, 0.05) is 6.42 Å². The van der Waals surface area contributed by atoms with Crippen LogP contribution in [-0.2, 0) is 14.3 Å². The van der Waals surface area contributed by atoms with Crippen LogP contribution in [0.15, 0.2) is 12.2 Å². The molecule has 4 heteroatoms. The maximum atomic E-state index is 11.6. The number of ether oxygens (including phenoxy) is 1. The van der Waals surface area contributed by atoms with Crippen molar-refractivity contribution >= 4 is 11.9 Å². The molecule has 0 spiro atoms. The summed E-state index contributed by atoms with van der Waals surface area (Å²) in [6.07, 6.45) is 19.3. The van der Waals surface area contributed by atoms with Crippen molar-refractivity contribution in [2.45, 2.75) is 96.4 Å². The molecule has 0 aromatic rings. The Morgan fingerprint density at radius 2 is 1.67 bits per heavy atom. The molecule has 1 saturated heterocycles. The molecular formula is C20H35NO3. The predicted octanol–water partition coefficient (Wildman–Crippen LogP) is 4.68. The second-order valence-corrected chi connectivity index (χ2v) is 6.70. The van der Waals surface area contributed by atoms with Gasteiger partial charge in [0.25, 0.3) is 0 Å². The highest BCUT2D eigenvalue weighted by molar-refractivity contribution is 5.87. The molecule has 0 aromatic heterocycles. The summed E-state index contributed by atoms with van der Waals surface area (Å²) in [6.45, 7) is 2.66. The second kappa shape index (κ2) is 14.1. The Balaban J connectivity index is 1.83. The largest absolute Gasteiger partial charge is 0.464 e. The Hall–Kier alpha value is -1.32. The van der Waals surface area contributed by atoms with Gasteiger partial charge in [-0.1, -0.05) is 70.4 Å². The molecule has 0 aromatic carbocycles. The molecule has 0 radical (unpaired) electrons. The van der Waals surface area contributed by atoms with E-state index in [1.54, 1.807) is 0 Å². The van der Waals surface area contributed by atoms with Crippen molar-refractivity contribution in [2.24, 2.45) is 0 Å². The van der Waals surface area contributed by atoms with Gasteiger partial charge in [-0.15, -0.1) is 0 Å². The van der Waals surface area contributed by atoms with Crippen molar-refractivity contribution in [1.82, 2.24) is 5.32 Å². The fourth-order valence-electron chi connectivity index (χ4n) is 2.93. The van der Waals surface area contributed by atoms with Crippen LogP contribution in [0.3, 0.4) is 0 Å². The van der Waals surface area contributed by atoms with Crippen LogP contribution < -0.4 is 5.32 Å². The number of hydrogen-bond donors (Lipinski definition) is 1. The maximum absolute atomic E-state index is 11.6. The third-order valence-corrected chi connectivity index (χ3v) is 4.45. The summed E-state index contributed by atoms with van der Waals surface area (Å²) in [5, 5.41) is 2.62. The van der Waals surface area contributed by atoms with Crippen molar-refractivity contribution in [3.63, 3.8) is 0 Å². The second-order valence-electron chi connectivity index (χ2n) is 6.70. The molecule has 0 aliphatic carbocycles. The van der Waals surface area contributed by atoms with Gasteiger partial charge in [0.1, 0.15) is 6.04 Å². The highest BCUT2D eigenvalue weighted by atomic mass is 16.5. The number of allylic oxidation sites excluding steroid dienone is 1. The standard InChI is InChI=1S/C20H35NO3/c1-2-3-4-5-6-7-8-9-10-11-12-13-14-17-24-20(23)18-15-16-19(22)21-18/h12-13,18H,2-11,14-17H2,1H3,(H,21,22)/b13-12+/t18-/m0/s1. The Kier molecular flexibility index (Phi) is 12.1. The van der Waals surface area contributed by atoms with E-state index in [0.717, 1.165) is 12.8 Å². The monoisotopic (exact) mass is 337 g/mol. The lowest BCUT2D eigenvalue weighted by Gasteiger charge is -2.08. The van der Waals surface area contributed by atoms with Crippen LogP contribution >= 0.6 is 0 Å². The summed E-state index contributed by atoms with van der Waals surface area (Å²) in [7, 11) is 0. The Morgan fingerprint density at radius 3 is 2.29 bits per heavy atom. The number of amides is 1. The van der Waals surface area contributed by atoms with E-state index in [1.807, 2.05) is 0 Å². The third-order valence-electron chi connectivity index (χ3n) is 4.45. The number of carbonyl (C=O) groups excluding carboxylic acids is 2. The lowest BCUT2D eigenvalue weighted by atomic mass is 10.1. The van der Waals surface area contributed by atoms with Crippen LogP contribution in [0.25, 0.3) is 0 Å². The maximum Gasteiger partial charge on any atom is 0.328 e. The summed E-state index contributed by atoms with van der Waals surface area (Å²) >= 11 is 0. The molecule has 1 heterocycles. The van der Waals surface area contributed by atoms with Crippen LogP contribution in [0.1, 0.15) is 90.4 Å². The Morgan fingerprint density at radius 1 is 1.04 bits per heavy atom. The van der Waals surface area contributed by atoms with Gasteiger partial charge < -0.3 is 10.1 Å². The summed E-state index contributed by atoms with van der Waals surface area (Å²) in [6, 6.07) is -0.427. The summed E-state index contributed by atoms with van der Waals surface area (Å²) < 4.78 is 5.17. The van der Waals surface area contributed by atoms with Crippen molar-refractivity contribution < 1.29 is 14.3 Å². The minimum absolute atomic E-state index is 0.0576. The molecule has 1 amide bonds. The van der Waals surface area contributed by atoms with Gasteiger partial charge in [-0.25, -0.2) is 4.79 Å². The Bertz CT molecular complexity index is 379. The van der Waals surface area contributed by atoms with E-state index in [1.165, 1.54) is 57.8 Å². The normalized spacial score (nSPS) is 17.4. The number of nitrogens with one attached hydrogen (secondary N) is 1. The van der Waals surface area contributed by atoms with Gasteiger partial charge in [0.05, 0.1) is 6.61 Å². The average Bonchev–Trinajstić information content (AvgIpc) is 3.01. The van der Waals surface area contributed by atoms with Crippen molar-refractivity contribution in [1.29, 1.82) is 0 Å². The van der Waals surface area contributed by atoms with Gasteiger partial charge in [-0.2, -0.15) is 0 Å². The SMILES string of the molecule is CCCCCCCCCCC/C=C/CCOC(=O)[C@@H]1CCC(=O)N1. The molecule has 1 N–H and O–H groups in total. The fraction of sp³-hybridized carbons (Fsp3) is 0.800.